The predicted octanol–water partition coefficient (Wildman–Crippen LogP) is 3.56. The summed E-state index contributed by atoms with van der Waals surface area (Å²) in [6, 6.07) is 15.6. The van der Waals surface area contributed by atoms with Crippen molar-refractivity contribution in [2.75, 3.05) is 0 Å². The molecule has 0 saturated heterocycles. The topological polar surface area (TPSA) is 69.4 Å². The fraction of sp³-hybridized carbons (Fsp3) is 0.235. The Balaban J connectivity index is 2.15. The first kappa shape index (κ1) is 15.7. The van der Waals surface area contributed by atoms with E-state index in [1.807, 2.05) is 6.07 Å². The number of hydrogen-bond donors (Lipinski definition) is 0. The number of rotatable bonds is 7. The highest BCUT2D eigenvalue weighted by molar-refractivity contribution is 5.75. The molecular weight excluding hydrogens is 282 g/mol. The van der Waals surface area contributed by atoms with Crippen molar-refractivity contribution in [3.05, 3.63) is 75.8 Å². The second kappa shape index (κ2) is 7.36. The van der Waals surface area contributed by atoms with Crippen LogP contribution in [0, 0.1) is 10.1 Å². The fourth-order valence-corrected chi connectivity index (χ4v) is 2.07. The number of benzene rings is 2. The number of carbonyl (C=O) groups excluding carboxylic acids is 1. The highest BCUT2D eigenvalue weighted by Gasteiger charge is 2.24. The van der Waals surface area contributed by atoms with E-state index in [-0.39, 0.29) is 5.78 Å². The van der Waals surface area contributed by atoms with E-state index in [2.05, 4.69) is 0 Å². The third kappa shape index (κ3) is 4.41. The molecule has 2 aromatic rings. The van der Waals surface area contributed by atoms with Crippen LogP contribution in [0.3, 0.4) is 0 Å². The molecular formula is C17H17NO4. The number of ether oxygens (including phenoxy) is 1. The van der Waals surface area contributed by atoms with Crippen LogP contribution in [0.5, 0.6) is 5.75 Å². The molecule has 114 valence electrons. The molecule has 0 amide bonds. The normalized spacial score (nSPS) is 11.7. The summed E-state index contributed by atoms with van der Waals surface area (Å²) < 4.78 is 5.53. The maximum Gasteiger partial charge on any atom is 0.380 e. The highest BCUT2D eigenvalue weighted by Crippen LogP contribution is 2.23. The molecule has 0 aromatic heterocycles. The van der Waals surface area contributed by atoms with Gasteiger partial charge in [-0.05, 0) is 43.2 Å². The van der Waals surface area contributed by atoms with E-state index < -0.39 is 11.2 Å². The van der Waals surface area contributed by atoms with Crippen LogP contribution >= 0.6 is 0 Å². The molecule has 0 bridgehead atoms. The molecule has 0 N–H and O–H groups in total. The van der Waals surface area contributed by atoms with Crippen molar-refractivity contribution in [3.63, 3.8) is 0 Å². The Morgan fingerprint density at radius 3 is 2.55 bits per heavy atom. The molecule has 1 unspecified atom stereocenters. The maximum absolute atomic E-state index is 11.2. The van der Waals surface area contributed by atoms with Gasteiger partial charge in [-0.1, -0.05) is 30.3 Å². The highest BCUT2D eigenvalue weighted by atomic mass is 16.7. The first-order chi connectivity index (χ1) is 10.6. The molecule has 0 aliphatic rings. The number of nitrogens with zero attached hydrogens (tertiary/aromatic N) is 1. The van der Waals surface area contributed by atoms with Crippen LogP contribution in [0.25, 0.3) is 0 Å². The summed E-state index contributed by atoms with van der Waals surface area (Å²) in [4.78, 5) is 21.8. The lowest BCUT2D eigenvalue weighted by molar-refractivity contribution is -0.570. The molecule has 2 aromatic carbocycles. The summed E-state index contributed by atoms with van der Waals surface area (Å²) in [6.07, 6.45) is -0.203. The van der Waals surface area contributed by atoms with Gasteiger partial charge in [0.15, 0.2) is 0 Å². The number of aryl methyl sites for hydroxylation is 1. The monoisotopic (exact) mass is 299 g/mol. The number of nitro groups is 1. The van der Waals surface area contributed by atoms with Crippen LogP contribution in [0.2, 0.25) is 0 Å². The van der Waals surface area contributed by atoms with Crippen molar-refractivity contribution in [1.29, 1.82) is 0 Å². The minimum absolute atomic E-state index is 0.110. The molecule has 0 aliphatic carbocycles. The van der Waals surface area contributed by atoms with Gasteiger partial charge in [0.2, 0.25) is 0 Å². The number of carbonyl (C=O) groups is 1. The molecule has 0 saturated carbocycles. The van der Waals surface area contributed by atoms with Crippen molar-refractivity contribution >= 4 is 5.78 Å². The van der Waals surface area contributed by atoms with Crippen molar-refractivity contribution in [2.45, 2.75) is 26.0 Å². The lowest BCUT2D eigenvalue weighted by Gasteiger charge is -2.13. The second-order valence-corrected chi connectivity index (χ2v) is 5.02. The van der Waals surface area contributed by atoms with Crippen LogP contribution in [0.15, 0.2) is 54.6 Å². The third-order valence-electron chi connectivity index (χ3n) is 3.19. The zero-order valence-electron chi connectivity index (χ0n) is 12.3. The summed E-state index contributed by atoms with van der Waals surface area (Å²) >= 11 is 0. The summed E-state index contributed by atoms with van der Waals surface area (Å²) in [5, 5.41) is 11.2. The quantitative estimate of drug-likeness (QED) is 0.445. The Morgan fingerprint density at radius 2 is 1.91 bits per heavy atom. The first-order valence-electron chi connectivity index (χ1n) is 7.00. The van der Waals surface area contributed by atoms with E-state index in [1.54, 1.807) is 55.5 Å². The summed E-state index contributed by atoms with van der Waals surface area (Å²) in [5.74, 6) is 0.533. The van der Waals surface area contributed by atoms with Gasteiger partial charge in [-0.15, -0.1) is 0 Å². The number of ketones is 1. The zero-order valence-corrected chi connectivity index (χ0v) is 12.3. The molecule has 5 heteroatoms. The van der Waals surface area contributed by atoms with Gasteiger partial charge >= 0.3 is 6.23 Å². The van der Waals surface area contributed by atoms with E-state index in [0.717, 1.165) is 5.56 Å². The Bertz CT molecular complexity index is 655. The first-order valence-corrected chi connectivity index (χ1v) is 7.00. The van der Waals surface area contributed by atoms with Crippen LogP contribution in [-0.4, -0.2) is 10.7 Å². The molecule has 0 heterocycles. The number of hydrogen-bond acceptors (Lipinski definition) is 4. The van der Waals surface area contributed by atoms with Gasteiger partial charge in [0.05, 0.1) is 10.5 Å². The van der Waals surface area contributed by atoms with Gasteiger partial charge in [-0.3, -0.25) is 10.1 Å². The van der Waals surface area contributed by atoms with E-state index in [1.165, 1.54) is 0 Å². The smallest absolute Gasteiger partial charge is 0.380 e. The molecule has 0 aliphatic heterocycles. The lowest BCUT2D eigenvalue weighted by Crippen LogP contribution is -2.17. The average Bonchev–Trinajstić information content (AvgIpc) is 2.51. The maximum atomic E-state index is 11.2. The van der Waals surface area contributed by atoms with Crippen LogP contribution in [-0.2, 0) is 11.2 Å². The van der Waals surface area contributed by atoms with Crippen molar-refractivity contribution in [3.8, 4) is 5.75 Å². The molecule has 5 nitrogen and oxygen atoms in total. The zero-order chi connectivity index (χ0) is 15.9. The van der Waals surface area contributed by atoms with Gasteiger partial charge < -0.3 is 9.53 Å². The van der Waals surface area contributed by atoms with Crippen LogP contribution < -0.4 is 4.74 Å². The Morgan fingerprint density at radius 1 is 1.18 bits per heavy atom. The van der Waals surface area contributed by atoms with Crippen molar-refractivity contribution < 1.29 is 14.5 Å². The van der Waals surface area contributed by atoms with E-state index in [4.69, 9.17) is 4.74 Å². The minimum Gasteiger partial charge on any atom is -0.426 e. The van der Waals surface area contributed by atoms with Gasteiger partial charge in [-0.2, -0.15) is 0 Å². The van der Waals surface area contributed by atoms with Crippen LogP contribution in [0.1, 0.15) is 30.7 Å². The number of Topliss-reactive ketones (excluding diaryl/α,β-unsaturated/α-hetero) is 1. The summed E-state index contributed by atoms with van der Waals surface area (Å²) in [7, 11) is 0. The van der Waals surface area contributed by atoms with Crippen molar-refractivity contribution in [1.82, 2.24) is 0 Å². The van der Waals surface area contributed by atoms with Gasteiger partial charge in [0, 0.05) is 6.42 Å². The molecule has 0 fully saturated rings. The second-order valence-electron chi connectivity index (χ2n) is 5.02. The van der Waals surface area contributed by atoms with Gasteiger partial charge in [0.25, 0.3) is 0 Å². The van der Waals surface area contributed by atoms with Crippen molar-refractivity contribution in [2.24, 2.45) is 0 Å². The Labute approximate surface area is 128 Å². The SMILES string of the molecule is CC(=O)CCc1cccc(OC(c2ccccc2)[N+](=O)[O-])c1. The van der Waals surface area contributed by atoms with Gasteiger partial charge in [0.1, 0.15) is 11.5 Å². The van der Waals surface area contributed by atoms with E-state index in [0.29, 0.717) is 24.2 Å². The molecule has 22 heavy (non-hydrogen) atoms. The average molecular weight is 299 g/mol. The summed E-state index contributed by atoms with van der Waals surface area (Å²) in [6.45, 7) is 1.54. The standard InChI is InChI=1S/C17H17NO4/c1-13(19)10-11-14-6-5-9-16(12-14)22-17(18(20)21)15-7-3-2-4-8-15/h2-9,12,17H,10-11H2,1H3. The van der Waals surface area contributed by atoms with Crippen LogP contribution in [0.4, 0.5) is 0 Å². The molecule has 2 rings (SSSR count). The Hall–Kier alpha value is -2.69. The van der Waals surface area contributed by atoms with Gasteiger partial charge in [-0.25, -0.2) is 0 Å². The summed E-state index contributed by atoms with van der Waals surface area (Å²) in [5.41, 5.74) is 1.41. The lowest BCUT2D eigenvalue weighted by atomic mass is 10.1. The molecule has 0 spiro atoms. The largest absolute Gasteiger partial charge is 0.426 e. The molecule has 0 radical (unpaired) electrons. The molecule has 1 atom stereocenters. The van der Waals surface area contributed by atoms with E-state index in [9.17, 15) is 14.9 Å². The fourth-order valence-electron chi connectivity index (χ4n) is 2.07. The van der Waals surface area contributed by atoms with E-state index >= 15 is 0 Å². The third-order valence-corrected chi connectivity index (χ3v) is 3.19. The Kier molecular flexibility index (Phi) is 5.25. The predicted molar refractivity (Wildman–Crippen MR) is 82.2 cm³/mol. The minimum atomic E-state index is -1.25.